The quantitative estimate of drug-likeness (QED) is 0.889. The highest BCUT2D eigenvalue weighted by Crippen LogP contribution is 2.13. The van der Waals surface area contributed by atoms with Gasteiger partial charge in [0.1, 0.15) is 0 Å². The van der Waals surface area contributed by atoms with E-state index >= 15 is 0 Å². The van der Waals surface area contributed by atoms with Crippen molar-refractivity contribution in [3.63, 3.8) is 0 Å². The van der Waals surface area contributed by atoms with E-state index in [1.54, 1.807) is 38.4 Å². The first-order valence-corrected chi connectivity index (χ1v) is 6.21. The second-order valence-electron chi connectivity index (χ2n) is 5.04. The topological polar surface area (TPSA) is 75.4 Å². The number of rotatable bonds is 4. The molecule has 1 aromatic carbocycles. The lowest BCUT2D eigenvalue weighted by Crippen LogP contribution is -2.39. The molecule has 0 fully saturated rings. The van der Waals surface area contributed by atoms with Gasteiger partial charge in [0, 0.05) is 25.3 Å². The first kappa shape index (κ1) is 18.4. The van der Waals surface area contributed by atoms with Crippen molar-refractivity contribution in [2.75, 3.05) is 19.4 Å². The van der Waals surface area contributed by atoms with Crippen molar-refractivity contribution in [2.45, 2.75) is 19.9 Å². The second-order valence-corrected chi connectivity index (χ2v) is 5.04. The van der Waals surface area contributed by atoms with Crippen LogP contribution in [0.3, 0.4) is 0 Å². The number of halogens is 1. The van der Waals surface area contributed by atoms with Crippen molar-refractivity contribution in [3.05, 3.63) is 29.8 Å². The summed E-state index contributed by atoms with van der Waals surface area (Å²) < 4.78 is 0. The van der Waals surface area contributed by atoms with E-state index in [0.717, 1.165) is 0 Å². The maximum absolute atomic E-state index is 11.8. The molecule has 112 valence electrons. The molecule has 0 heterocycles. The van der Waals surface area contributed by atoms with Crippen LogP contribution in [0, 0.1) is 5.92 Å². The number of anilines is 1. The third-order valence-corrected chi connectivity index (χ3v) is 2.80. The van der Waals surface area contributed by atoms with Crippen LogP contribution in [0.15, 0.2) is 24.3 Å². The lowest BCUT2D eigenvalue weighted by atomic mass is 10.0. The van der Waals surface area contributed by atoms with E-state index in [-0.39, 0.29) is 30.1 Å². The summed E-state index contributed by atoms with van der Waals surface area (Å²) in [6.07, 6.45) is 0. The minimum Gasteiger partial charge on any atom is -0.345 e. The van der Waals surface area contributed by atoms with Gasteiger partial charge in [0.05, 0.1) is 6.04 Å². The number of hydrogen-bond acceptors (Lipinski definition) is 3. The van der Waals surface area contributed by atoms with Gasteiger partial charge in [-0.1, -0.05) is 19.9 Å². The van der Waals surface area contributed by atoms with Crippen LogP contribution < -0.4 is 11.1 Å². The van der Waals surface area contributed by atoms with Gasteiger partial charge in [-0.15, -0.1) is 12.4 Å². The third-order valence-electron chi connectivity index (χ3n) is 2.80. The fourth-order valence-corrected chi connectivity index (χ4v) is 1.52. The molecule has 0 unspecified atom stereocenters. The van der Waals surface area contributed by atoms with Gasteiger partial charge < -0.3 is 16.0 Å². The number of carbonyl (C=O) groups is 2. The summed E-state index contributed by atoms with van der Waals surface area (Å²) in [6, 6.07) is 6.26. The van der Waals surface area contributed by atoms with Crippen LogP contribution in [-0.4, -0.2) is 36.9 Å². The molecule has 1 atom stereocenters. The summed E-state index contributed by atoms with van der Waals surface area (Å²) >= 11 is 0. The summed E-state index contributed by atoms with van der Waals surface area (Å²) in [7, 11) is 3.37. The Morgan fingerprint density at radius 2 is 1.85 bits per heavy atom. The molecule has 0 saturated heterocycles. The molecule has 0 aromatic heterocycles. The van der Waals surface area contributed by atoms with Gasteiger partial charge in [-0.2, -0.15) is 0 Å². The van der Waals surface area contributed by atoms with Gasteiger partial charge in [-0.3, -0.25) is 9.59 Å². The molecular weight excluding hydrogens is 278 g/mol. The first-order valence-electron chi connectivity index (χ1n) is 6.21. The molecule has 0 spiro atoms. The lowest BCUT2D eigenvalue weighted by molar-refractivity contribution is -0.118. The number of benzene rings is 1. The van der Waals surface area contributed by atoms with Crippen molar-refractivity contribution >= 4 is 29.9 Å². The number of carbonyl (C=O) groups excluding carboxylic acids is 2. The smallest absolute Gasteiger partial charge is 0.253 e. The average Bonchev–Trinajstić information content (AvgIpc) is 2.36. The average molecular weight is 300 g/mol. The normalized spacial score (nSPS) is 11.5. The van der Waals surface area contributed by atoms with E-state index in [0.29, 0.717) is 11.3 Å². The fourth-order valence-electron chi connectivity index (χ4n) is 1.52. The minimum atomic E-state index is -0.562. The van der Waals surface area contributed by atoms with Crippen LogP contribution in [0.1, 0.15) is 24.2 Å². The van der Waals surface area contributed by atoms with E-state index in [1.807, 2.05) is 13.8 Å². The van der Waals surface area contributed by atoms with Crippen molar-refractivity contribution < 1.29 is 9.59 Å². The Kier molecular flexibility index (Phi) is 7.24. The van der Waals surface area contributed by atoms with E-state index in [2.05, 4.69) is 5.32 Å². The summed E-state index contributed by atoms with van der Waals surface area (Å²) in [5.74, 6) is -0.291. The number of nitrogens with one attached hydrogen (secondary N) is 1. The molecule has 5 nitrogen and oxygen atoms in total. The van der Waals surface area contributed by atoms with Gasteiger partial charge >= 0.3 is 0 Å². The van der Waals surface area contributed by atoms with Gasteiger partial charge in [0.2, 0.25) is 5.91 Å². The highest BCUT2D eigenvalue weighted by Gasteiger charge is 2.17. The third kappa shape index (κ3) is 4.83. The Balaban J connectivity index is 0.00000361. The maximum atomic E-state index is 11.8. The maximum Gasteiger partial charge on any atom is 0.253 e. The summed E-state index contributed by atoms with van der Waals surface area (Å²) in [4.78, 5) is 25.1. The molecule has 20 heavy (non-hydrogen) atoms. The Morgan fingerprint density at radius 1 is 1.25 bits per heavy atom. The monoisotopic (exact) mass is 299 g/mol. The van der Waals surface area contributed by atoms with Crippen LogP contribution in [0.4, 0.5) is 5.69 Å². The van der Waals surface area contributed by atoms with Gasteiger partial charge in [-0.05, 0) is 24.1 Å². The largest absolute Gasteiger partial charge is 0.345 e. The van der Waals surface area contributed by atoms with Gasteiger partial charge in [-0.25, -0.2) is 0 Å². The summed E-state index contributed by atoms with van der Waals surface area (Å²) in [5, 5.41) is 2.72. The van der Waals surface area contributed by atoms with Crippen molar-refractivity contribution in [2.24, 2.45) is 11.7 Å². The Hall–Kier alpha value is -1.59. The molecular formula is C14H22ClN3O2. The lowest BCUT2D eigenvalue weighted by Gasteiger charge is -2.16. The summed E-state index contributed by atoms with van der Waals surface area (Å²) in [5.41, 5.74) is 6.87. The second kappa shape index (κ2) is 7.87. The van der Waals surface area contributed by atoms with Gasteiger partial charge in [0.15, 0.2) is 0 Å². The molecule has 0 saturated carbocycles. The Labute approximate surface area is 125 Å². The number of amides is 2. The first-order chi connectivity index (χ1) is 8.82. The predicted molar refractivity (Wildman–Crippen MR) is 83.2 cm³/mol. The van der Waals surface area contributed by atoms with E-state index in [4.69, 9.17) is 5.73 Å². The zero-order chi connectivity index (χ0) is 14.6. The van der Waals surface area contributed by atoms with E-state index in [1.165, 1.54) is 4.90 Å². The zero-order valence-electron chi connectivity index (χ0n) is 12.2. The van der Waals surface area contributed by atoms with Crippen molar-refractivity contribution in [1.29, 1.82) is 0 Å². The fraction of sp³-hybridized carbons (Fsp3) is 0.429. The molecule has 1 aromatic rings. The summed E-state index contributed by atoms with van der Waals surface area (Å²) in [6.45, 7) is 3.77. The molecule has 1 rings (SSSR count). The van der Waals surface area contributed by atoms with Gasteiger partial charge in [0.25, 0.3) is 5.91 Å². The Bertz CT molecular complexity index is 475. The van der Waals surface area contributed by atoms with E-state index < -0.39 is 6.04 Å². The minimum absolute atomic E-state index is 0. The number of nitrogens with two attached hydrogens (primary N) is 1. The molecule has 2 amide bonds. The SMILES string of the molecule is CC(C)[C@@H](N)C(=O)Nc1cccc(C(=O)N(C)C)c1.Cl. The molecule has 0 aliphatic heterocycles. The zero-order valence-corrected chi connectivity index (χ0v) is 13.0. The molecule has 0 radical (unpaired) electrons. The van der Waals surface area contributed by atoms with Crippen LogP contribution in [-0.2, 0) is 4.79 Å². The molecule has 6 heteroatoms. The van der Waals surface area contributed by atoms with Crippen LogP contribution in [0.2, 0.25) is 0 Å². The van der Waals surface area contributed by atoms with Crippen molar-refractivity contribution in [1.82, 2.24) is 4.90 Å². The van der Waals surface area contributed by atoms with E-state index in [9.17, 15) is 9.59 Å². The standard InChI is InChI=1S/C14H21N3O2.ClH/c1-9(2)12(15)13(18)16-11-7-5-6-10(8-11)14(19)17(3)4;/h5-9,12H,15H2,1-4H3,(H,16,18);1H/t12-;/m1./s1. The highest BCUT2D eigenvalue weighted by atomic mass is 35.5. The van der Waals surface area contributed by atoms with Crippen LogP contribution in [0.25, 0.3) is 0 Å². The molecule has 3 N–H and O–H groups in total. The highest BCUT2D eigenvalue weighted by molar-refractivity contribution is 5.98. The number of hydrogen-bond donors (Lipinski definition) is 2. The van der Waals surface area contributed by atoms with Crippen LogP contribution >= 0.6 is 12.4 Å². The predicted octanol–water partition coefficient (Wildman–Crippen LogP) is 1.73. The molecule has 0 aliphatic rings. The number of nitrogens with zero attached hydrogens (tertiary/aromatic N) is 1. The van der Waals surface area contributed by atoms with Crippen molar-refractivity contribution in [3.8, 4) is 0 Å². The van der Waals surface area contributed by atoms with Crippen LogP contribution in [0.5, 0.6) is 0 Å². The Morgan fingerprint density at radius 3 is 2.35 bits per heavy atom. The molecule has 0 bridgehead atoms. The molecule has 0 aliphatic carbocycles.